The molecule has 1 N–H and O–H groups in total. The summed E-state index contributed by atoms with van der Waals surface area (Å²) in [5.41, 5.74) is 0.181. The molecule has 0 saturated heterocycles. The van der Waals surface area contributed by atoms with Crippen molar-refractivity contribution in [1.29, 1.82) is 0 Å². The Morgan fingerprint density at radius 2 is 1.33 bits per heavy atom. The van der Waals surface area contributed by atoms with Gasteiger partial charge in [-0.2, -0.15) is 0 Å². The fraction of sp³-hybridized carbons (Fsp3) is 0.421. The van der Waals surface area contributed by atoms with E-state index >= 15 is 0 Å². The molecule has 0 amide bonds. The molecule has 8 nitrogen and oxygen atoms in total. The highest BCUT2D eigenvalue weighted by molar-refractivity contribution is 6.09. The van der Waals surface area contributed by atoms with E-state index in [0.29, 0.717) is 41.6 Å². The number of phenolic OH excluding ortho intramolecular Hbond substituents is 1. The summed E-state index contributed by atoms with van der Waals surface area (Å²) in [7, 11) is 7.64. The molecule has 0 aliphatic heterocycles. The standard InChI is InChI=1S/C15H16O5.C4H10O3/c1-8(16)9-7-12(20-4)13-10(18-2)5-6-11(19-3)14(13)15(9)17;1-5-3-7-4-6-2/h5-7,17H,1-4H3;3-4H2,1-2H3. The number of carbonyl (C=O) groups excluding carboxylic acids is 1. The van der Waals surface area contributed by atoms with Crippen LogP contribution in [-0.2, 0) is 14.2 Å². The largest absolute Gasteiger partial charge is 0.506 e. The molecule has 0 radical (unpaired) electrons. The number of methoxy groups -OCH3 is 5. The number of aromatic hydroxyl groups is 1. The molecule has 2 rings (SSSR count). The second kappa shape index (κ2) is 11.2. The molecule has 0 aromatic heterocycles. The summed E-state index contributed by atoms with van der Waals surface area (Å²) < 4.78 is 29.6. The lowest BCUT2D eigenvalue weighted by Gasteiger charge is -2.16. The monoisotopic (exact) mass is 382 g/mol. The Balaban J connectivity index is 0.000000445. The molecular formula is C19H26O8. The molecule has 2 aromatic carbocycles. The summed E-state index contributed by atoms with van der Waals surface area (Å²) in [6.45, 7) is 1.98. The maximum atomic E-state index is 11.6. The number of hydrogen-bond donors (Lipinski definition) is 1. The molecule has 8 heteroatoms. The van der Waals surface area contributed by atoms with Gasteiger partial charge in [0.15, 0.2) is 5.78 Å². The normalized spacial score (nSPS) is 10.1. The van der Waals surface area contributed by atoms with Crippen molar-refractivity contribution in [2.75, 3.05) is 49.1 Å². The van der Waals surface area contributed by atoms with Crippen molar-refractivity contribution < 1.29 is 38.3 Å². The van der Waals surface area contributed by atoms with E-state index in [1.807, 2.05) is 0 Å². The van der Waals surface area contributed by atoms with Crippen LogP contribution in [0.3, 0.4) is 0 Å². The van der Waals surface area contributed by atoms with E-state index in [-0.39, 0.29) is 17.1 Å². The maximum Gasteiger partial charge on any atom is 0.163 e. The average Bonchev–Trinajstić information content (AvgIpc) is 2.68. The summed E-state index contributed by atoms with van der Waals surface area (Å²) in [5.74, 6) is 1.03. The van der Waals surface area contributed by atoms with Gasteiger partial charge >= 0.3 is 0 Å². The van der Waals surface area contributed by atoms with E-state index < -0.39 is 0 Å². The first-order valence-corrected chi connectivity index (χ1v) is 7.97. The van der Waals surface area contributed by atoms with Crippen LogP contribution in [0.1, 0.15) is 17.3 Å². The molecule has 0 saturated carbocycles. The first kappa shape index (κ1) is 22.5. The molecule has 0 aliphatic rings. The first-order valence-electron chi connectivity index (χ1n) is 7.97. The number of fused-ring (bicyclic) bond motifs is 1. The summed E-state index contributed by atoms with van der Waals surface area (Å²) in [6.07, 6.45) is 0. The third kappa shape index (κ3) is 5.46. The molecule has 0 aliphatic carbocycles. The minimum Gasteiger partial charge on any atom is -0.506 e. The number of Topliss-reactive ketones (excluding diaryl/α,β-unsaturated/α-hetero) is 1. The zero-order valence-corrected chi connectivity index (χ0v) is 16.5. The van der Waals surface area contributed by atoms with Gasteiger partial charge in [0.05, 0.1) is 37.7 Å². The lowest BCUT2D eigenvalue weighted by atomic mass is 10.0. The fourth-order valence-corrected chi connectivity index (χ4v) is 2.42. The lowest BCUT2D eigenvalue weighted by molar-refractivity contribution is -0.107. The molecule has 150 valence electrons. The van der Waals surface area contributed by atoms with Gasteiger partial charge in [-0.05, 0) is 25.1 Å². The summed E-state index contributed by atoms with van der Waals surface area (Å²) >= 11 is 0. The highest BCUT2D eigenvalue weighted by atomic mass is 16.7. The Hall–Kier alpha value is -2.55. The zero-order valence-electron chi connectivity index (χ0n) is 16.5. The van der Waals surface area contributed by atoms with E-state index in [0.717, 1.165) is 0 Å². The molecular weight excluding hydrogens is 356 g/mol. The van der Waals surface area contributed by atoms with Gasteiger partial charge in [-0.1, -0.05) is 0 Å². The van der Waals surface area contributed by atoms with Gasteiger partial charge < -0.3 is 33.5 Å². The predicted octanol–water partition coefficient (Wildman–Crippen LogP) is 2.98. The maximum absolute atomic E-state index is 11.6. The average molecular weight is 382 g/mol. The third-order valence-corrected chi connectivity index (χ3v) is 3.58. The first-order chi connectivity index (χ1) is 13.0. The van der Waals surface area contributed by atoms with Gasteiger partial charge in [0.1, 0.15) is 36.6 Å². The van der Waals surface area contributed by atoms with Crippen molar-refractivity contribution in [2.24, 2.45) is 0 Å². The number of hydrogen-bond acceptors (Lipinski definition) is 8. The van der Waals surface area contributed by atoms with Crippen molar-refractivity contribution in [3.8, 4) is 23.0 Å². The topological polar surface area (TPSA) is 92.7 Å². The van der Waals surface area contributed by atoms with Gasteiger partial charge in [-0.3, -0.25) is 4.79 Å². The van der Waals surface area contributed by atoms with Crippen molar-refractivity contribution in [3.05, 3.63) is 23.8 Å². The zero-order chi connectivity index (χ0) is 20.4. The number of ketones is 1. The van der Waals surface area contributed by atoms with Gasteiger partial charge in [0.25, 0.3) is 0 Å². The van der Waals surface area contributed by atoms with Crippen molar-refractivity contribution in [2.45, 2.75) is 6.92 Å². The molecule has 0 bridgehead atoms. The summed E-state index contributed by atoms with van der Waals surface area (Å²) in [6, 6.07) is 4.89. The fourth-order valence-electron chi connectivity index (χ4n) is 2.42. The van der Waals surface area contributed by atoms with Crippen LogP contribution < -0.4 is 14.2 Å². The molecule has 0 unspecified atom stereocenters. The Morgan fingerprint density at radius 3 is 1.74 bits per heavy atom. The van der Waals surface area contributed by atoms with E-state index in [2.05, 4.69) is 14.2 Å². The van der Waals surface area contributed by atoms with Crippen LogP contribution in [0, 0.1) is 0 Å². The van der Waals surface area contributed by atoms with Crippen molar-refractivity contribution in [3.63, 3.8) is 0 Å². The molecule has 0 spiro atoms. The van der Waals surface area contributed by atoms with Crippen LogP contribution in [0.5, 0.6) is 23.0 Å². The van der Waals surface area contributed by atoms with Crippen LogP contribution in [-0.4, -0.2) is 60.0 Å². The Morgan fingerprint density at radius 1 is 0.852 bits per heavy atom. The van der Waals surface area contributed by atoms with E-state index in [1.54, 1.807) is 26.4 Å². The van der Waals surface area contributed by atoms with Crippen molar-refractivity contribution >= 4 is 16.6 Å². The predicted molar refractivity (Wildman–Crippen MR) is 100 cm³/mol. The van der Waals surface area contributed by atoms with Crippen LogP contribution in [0.4, 0.5) is 0 Å². The van der Waals surface area contributed by atoms with Gasteiger partial charge in [0, 0.05) is 14.2 Å². The smallest absolute Gasteiger partial charge is 0.163 e. The van der Waals surface area contributed by atoms with Crippen LogP contribution >= 0.6 is 0 Å². The van der Waals surface area contributed by atoms with Gasteiger partial charge in [-0.15, -0.1) is 0 Å². The lowest BCUT2D eigenvalue weighted by Crippen LogP contribution is -1.99. The molecule has 0 atom stereocenters. The van der Waals surface area contributed by atoms with E-state index in [9.17, 15) is 9.90 Å². The second-order valence-electron chi connectivity index (χ2n) is 5.27. The van der Waals surface area contributed by atoms with E-state index in [4.69, 9.17) is 14.2 Å². The van der Waals surface area contributed by atoms with E-state index in [1.165, 1.54) is 34.3 Å². The minimum atomic E-state index is -0.257. The molecule has 2 aromatic rings. The summed E-state index contributed by atoms with van der Waals surface area (Å²) in [4.78, 5) is 11.6. The number of phenols is 1. The molecule has 0 fully saturated rings. The number of rotatable bonds is 8. The SMILES string of the molecule is COCOCOC.COc1ccc(OC)c2c(O)c(C(C)=O)cc(OC)c12. The second-order valence-corrected chi connectivity index (χ2v) is 5.27. The minimum absolute atomic E-state index is 0.135. The van der Waals surface area contributed by atoms with Gasteiger partial charge in [-0.25, -0.2) is 0 Å². The number of benzene rings is 2. The Bertz CT molecular complexity index is 753. The van der Waals surface area contributed by atoms with Crippen LogP contribution in [0.15, 0.2) is 18.2 Å². The van der Waals surface area contributed by atoms with Crippen molar-refractivity contribution in [1.82, 2.24) is 0 Å². The quantitative estimate of drug-likeness (QED) is 0.423. The Kier molecular flexibility index (Phi) is 9.35. The number of carbonyl (C=O) groups is 1. The van der Waals surface area contributed by atoms with Crippen LogP contribution in [0.2, 0.25) is 0 Å². The molecule has 27 heavy (non-hydrogen) atoms. The highest BCUT2D eigenvalue weighted by Gasteiger charge is 2.21. The number of ether oxygens (including phenoxy) is 6. The third-order valence-electron chi connectivity index (χ3n) is 3.58. The van der Waals surface area contributed by atoms with Crippen LogP contribution in [0.25, 0.3) is 10.8 Å². The summed E-state index contributed by atoms with van der Waals surface area (Å²) in [5, 5.41) is 11.3. The Labute approximate surface area is 158 Å². The van der Waals surface area contributed by atoms with Gasteiger partial charge in [0.2, 0.25) is 0 Å². The molecule has 0 heterocycles. The highest BCUT2D eigenvalue weighted by Crippen LogP contribution is 2.45.